The predicted octanol–water partition coefficient (Wildman–Crippen LogP) is 1.88. The van der Waals surface area contributed by atoms with Crippen LogP contribution in [0.5, 0.6) is 0 Å². The summed E-state index contributed by atoms with van der Waals surface area (Å²) in [5, 5.41) is 0. The van der Waals surface area contributed by atoms with E-state index in [2.05, 4.69) is 29.2 Å². The second-order valence-corrected chi connectivity index (χ2v) is 5.13. The Balaban J connectivity index is 1.69. The minimum atomic E-state index is 0.108. The van der Waals surface area contributed by atoms with Crippen LogP contribution >= 0.6 is 0 Å². The Hall–Kier alpha value is -1.65. The number of ether oxygens (including phenoxy) is 1. The molecule has 4 heteroatoms. The van der Waals surface area contributed by atoms with Crippen molar-refractivity contribution >= 4 is 12.0 Å². The van der Waals surface area contributed by atoms with Crippen LogP contribution in [0.15, 0.2) is 36.4 Å². The average Bonchev–Trinajstić information content (AvgIpc) is 2.54. The minimum Gasteiger partial charge on any atom is -0.372 e. The van der Waals surface area contributed by atoms with Crippen molar-refractivity contribution in [1.29, 1.82) is 0 Å². The third-order valence-corrected chi connectivity index (χ3v) is 3.63. The molecule has 0 saturated carbocycles. The number of hydrogen-bond donors (Lipinski definition) is 0. The number of carbonyl (C=O) groups is 1. The van der Waals surface area contributed by atoms with Gasteiger partial charge in [0.15, 0.2) is 0 Å². The quantitative estimate of drug-likeness (QED) is 0.801. The summed E-state index contributed by atoms with van der Waals surface area (Å²) in [5.74, 6) is 0.108. The Morgan fingerprint density at radius 3 is 2.57 bits per heavy atom. The van der Waals surface area contributed by atoms with Gasteiger partial charge in [-0.05, 0) is 12.5 Å². The number of piperazine rings is 1. The summed E-state index contributed by atoms with van der Waals surface area (Å²) in [5.41, 5.74) is 1.23. The largest absolute Gasteiger partial charge is 0.372 e. The van der Waals surface area contributed by atoms with Crippen LogP contribution in [0.1, 0.15) is 12.5 Å². The molecular formula is C17H24N2O2. The zero-order chi connectivity index (χ0) is 14.9. The lowest BCUT2D eigenvalue weighted by Crippen LogP contribution is -2.49. The fourth-order valence-electron chi connectivity index (χ4n) is 2.36. The molecule has 0 unspecified atom stereocenters. The van der Waals surface area contributed by atoms with E-state index in [1.54, 1.807) is 0 Å². The lowest BCUT2D eigenvalue weighted by molar-refractivity contribution is -0.137. The van der Waals surface area contributed by atoms with Gasteiger partial charge in [0.05, 0.1) is 0 Å². The highest BCUT2D eigenvalue weighted by atomic mass is 16.5. The Labute approximate surface area is 127 Å². The molecule has 0 N–H and O–H groups in total. The van der Waals surface area contributed by atoms with Crippen LogP contribution in [0.4, 0.5) is 0 Å². The molecule has 1 fully saturated rings. The van der Waals surface area contributed by atoms with Gasteiger partial charge in [0.1, 0.15) is 6.61 Å². The topological polar surface area (TPSA) is 32.8 Å². The van der Waals surface area contributed by atoms with Crippen molar-refractivity contribution in [2.75, 3.05) is 45.9 Å². The Morgan fingerprint density at radius 2 is 1.90 bits per heavy atom. The zero-order valence-corrected chi connectivity index (χ0v) is 12.7. The molecule has 0 radical (unpaired) electrons. The maximum atomic E-state index is 11.8. The number of hydrogen-bond acceptors (Lipinski definition) is 3. The van der Waals surface area contributed by atoms with Gasteiger partial charge in [-0.15, -0.1) is 0 Å². The fourth-order valence-corrected chi connectivity index (χ4v) is 2.36. The van der Waals surface area contributed by atoms with Gasteiger partial charge in [0.2, 0.25) is 5.91 Å². The lowest BCUT2D eigenvalue weighted by Gasteiger charge is -2.34. The summed E-state index contributed by atoms with van der Waals surface area (Å²) in [6.07, 6.45) is 4.33. The van der Waals surface area contributed by atoms with Crippen LogP contribution in [-0.4, -0.2) is 61.6 Å². The number of rotatable bonds is 6. The van der Waals surface area contributed by atoms with Crippen LogP contribution < -0.4 is 0 Å². The van der Waals surface area contributed by atoms with Gasteiger partial charge < -0.3 is 9.64 Å². The second-order valence-electron chi connectivity index (χ2n) is 5.13. The van der Waals surface area contributed by atoms with Crippen molar-refractivity contribution in [3.8, 4) is 0 Å². The summed E-state index contributed by atoms with van der Waals surface area (Å²) in [7, 11) is 0. The van der Waals surface area contributed by atoms with Crippen LogP contribution in [-0.2, 0) is 9.53 Å². The molecule has 4 nitrogen and oxygen atoms in total. The van der Waals surface area contributed by atoms with Crippen molar-refractivity contribution in [2.45, 2.75) is 6.92 Å². The van der Waals surface area contributed by atoms with Gasteiger partial charge in [0, 0.05) is 39.3 Å². The lowest BCUT2D eigenvalue weighted by atomic mass is 10.2. The number of nitrogens with zero attached hydrogens (tertiary/aromatic N) is 2. The second kappa shape index (κ2) is 8.60. The van der Waals surface area contributed by atoms with Gasteiger partial charge in [-0.3, -0.25) is 9.69 Å². The first kappa shape index (κ1) is 15.7. The molecule has 114 valence electrons. The molecule has 1 aliphatic rings. The highest BCUT2D eigenvalue weighted by Gasteiger charge is 2.19. The highest BCUT2D eigenvalue weighted by molar-refractivity contribution is 5.77. The summed E-state index contributed by atoms with van der Waals surface area (Å²) >= 11 is 0. The SMILES string of the molecule is CCOCC(=O)N1CCN(C/C=C/c2ccccc2)CC1. The number of carbonyl (C=O) groups excluding carboxylic acids is 1. The minimum absolute atomic E-state index is 0.108. The van der Waals surface area contributed by atoms with E-state index in [4.69, 9.17) is 4.74 Å². The van der Waals surface area contributed by atoms with Crippen LogP contribution in [0, 0.1) is 0 Å². The fraction of sp³-hybridized carbons (Fsp3) is 0.471. The molecule has 1 amide bonds. The van der Waals surface area contributed by atoms with Gasteiger partial charge in [-0.25, -0.2) is 0 Å². The molecule has 1 heterocycles. The summed E-state index contributed by atoms with van der Waals surface area (Å²) < 4.78 is 5.17. The molecule has 1 aliphatic heterocycles. The maximum Gasteiger partial charge on any atom is 0.248 e. The van der Waals surface area contributed by atoms with Crippen LogP contribution in [0.25, 0.3) is 6.08 Å². The number of amides is 1. The number of benzene rings is 1. The van der Waals surface area contributed by atoms with E-state index in [1.165, 1.54) is 5.56 Å². The molecule has 0 aliphatic carbocycles. The summed E-state index contributed by atoms with van der Waals surface area (Å²) in [6.45, 7) is 7.09. The first-order valence-corrected chi connectivity index (χ1v) is 7.59. The van der Waals surface area contributed by atoms with E-state index >= 15 is 0 Å². The van der Waals surface area contributed by atoms with Gasteiger partial charge in [-0.1, -0.05) is 42.5 Å². The van der Waals surface area contributed by atoms with Crippen molar-refractivity contribution in [3.63, 3.8) is 0 Å². The van der Waals surface area contributed by atoms with E-state index in [9.17, 15) is 4.79 Å². The zero-order valence-electron chi connectivity index (χ0n) is 12.7. The molecular weight excluding hydrogens is 264 g/mol. The Kier molecular flexibility index (Phi) is 6.44. The van der Waals surface area contributed by atoms with E-state index in [1.807, 2.05) is 30.0 Å². The molecule has 21 heavy (non-hydrogen) atoms. The van der Waals surface area contributed by atoms with Crippen LogP contribution in [0.3, 0.4) is 0 Å². The highest BCUT2D eigenvalue weighted by Crippen LogP contribution is 2.05. The molecule has 2 rings (SSSR count). The van der Waals surface area contributed by atoms with Crippen molar-refractivity contribution in [3.05, 3.63) is 42.0 Å². The van der Waals surface area contributed by atoms with E-state index in [-0.39, 0.29) is 12.5 Å². The van der Waals surface area contributed by atoms with Crippen molar-refractivity contribution in [1.82, 2.24) is 9.80 Å². The summed E-state index contributed by atoms with van der Waals surface area (Å²) in [4.78, 5) is 16.1. The molecule has 1 aromatic carbocycles. The van der Waals surface area contributed by atoms with E-state index < -0.39 is 0 Å². The molecule has 0 atom stereocenters. The first-order valence-electron chi connectivity index (χ1n) is 7.59. The molecule has 0 bridgehead atoms. The van der Waals surface area contributed by atoms with Crippen LogP contribution in [0.2, 0.25) is 0 Å². The molecule has 1 saturated heterocycles. The molecule has 0 spiro atoms. The van der Waals surface area contributed by atoms with E-state index in [0.717, 1.165) is 32.7 Å². The molecule has 1 aromatic rings. The Morgan fingerprint density at radius 1 is 1.19 bits per heavy atom. The Bertz CT molecular complexity index is 451. The van der Waals surface area contributed by atoms with Gasteiger partial charge in [0.25, 0.3) is 0 Å². The van der Waals surface area contributed by atoms with E-state index in [0.29, 0.717) is 6.61 Å². The van der Waals surface area contributed by atoms with Crippen molar-refractivity contribution < 1.29 is 9.53 Å². The third kappa shape index (κ3) is 5.33. The molecule has 0 aromatic heterocycles. The third-order valence-electron chi connectivity index (χ3n) is 3.63. The van der Waals surface area contributed by atoms with Crippen molar-refractivity contribution in [2.24, 2.45) is 0 Å². The standard InChI is InChI=1S/C17H24N2O2/c1-2-21-15-17(20)19-13-11-18(12-14-19)10-6-9-16-7-4-3-5-8-16/h3-9H,2,10-15H2,1H3/b9-6+. The van der Waals surface area contributed by atoms with Gasteiger partial charge in [-0.2, -0.15) is 0 Å². The van der Waals surface area contributed by atoms with Gasteiger partial charge >= 0.3 is 0 Å². The summed E-state index contributed by atoms with van der Waals surface area (Å²) in [6, 6.07) is 10.3. The normalized spacial score (nSPS) is 16.5. The smallest absolute Gasteiger partial charge is 0.248 e. The first-order chi connectivity index (χ1) is 10.3. The monoisotopic (exact) mass is 288 g/mol. The average molecular weight is 288 g/mol. The maximum absolute atomic E-state index is 11.8. The predicted molar refractivity (Wildman–Crippen MR) is 85.0 cm³/mol.